The maximum absolute atomic E-state index is 5.68. The van der Waals surface area contributed by atoms with E-state index in [0.29, 0.717) is 6.10 Å². The zero-order valence-corrected chi connectivity index (χ0v) is 9.85. The van der Waals surface area contributed by atoms with Crippen molar-refractivity contribution in [2.75, 3.05) is 26.2 Å². The van der Waals surface area contributed by atoms with Crippen LogP contribution in [0.15, 0.2) is 11.1 Å². The van der Waals surface area contributed by atoms with Crippen LogP contribution in [0.4, 0.5) is 0 Å². The molecule has 2 nitrogen and oxygen atoms in total. The minimum Gasteiger partial charge on any atom is -0.377 e. The van der Waals surface area contributed by atoms with Gasteiger partial charge in [-0.05, 0) is 12.8 Å². The number of hydrogen-bond acceptors (Lipinski definition) is 2. The SMILES string of the molecule is C=C(Br)CN1CCCOC(CC)C1. The molecule has 0 aromatic carbocycles. The van der Waals surface area contributed by atoms with Gasteiger partial charge in [0.1, 0.15) is 0 Å². The molecule has 0 radical (unpaired) electrons. The first-order valence-corrected chi connectivity index (χ1v) is 5.69. The second-order valence-corrected chi connectivity index (χ2v) is 4.63. The van der Waals surface area contributed by atoms with Crippen LogP contribution in [0.3, 0.4) is 0 Å². The molecular formula is C10H18BrNO. The van der Waals surface area contributed by atoms with E-state index in [1.807, 2.05) is 0 Å². The molecule has 0 aliphatic carbocycles. The Balaban J connectivity index is 2.39. The monoisotopic (exact) mass is 247 g/mol. The molecule has 0 N–H and O–H groups in total. The van der Waals surface area contributed by atoms with Crippen LogP contribution in [0, 0.1) is 0 Å². The molecule has 1 atom stereocenters. The van der Waals surface area contributed by atoms with E-state index in [2.05, 4.69) is 34.3 Å². The standard InChI is InChI=1S/C10H18BrNO/c1-3-10-8-12(7-9(2)11)5-4-6-13-10/h10H,2-8H2,1H3. The Kier molecular flexibility index (Phi) is 4.99. The summed E-state index contributed by atoms with van der Waals surface area (Å²) in [5.41, 5.74) is 0. The van der Waals surface area contributed by atoms with Crippen LogP contribution in [-0.2, 0) is 4.74 Å². The minimum atomic E-state index is 0.411. The van der Waals surface area contributed by atoms with Gasteiger partial charge in [0, 0.05) is 30.7 Å². The fourth-order valence-electron chi connectivity index (χ4n) is 1.60. The third-order valence-electron chi connectivity index (χ3n) is 2.28. The second-order valence-electron chi connectivity index (χ2n) is 3.51. The highest BCUT2D eigenvalue weighted by molar-refractivity contribution is 9.11. The topological polar surface area (TPSA) is 12.5 Å². The normalized spacial score (nSPS) is 25.5. The third-order valence-corrected chi connectivity index (χ3v) is 2.54. The van der Waals surface area contributed by atoms with Crippen molar-refractivity contribution < 1.29 is 4.74 Å². The van der Waals surface area contributed by atoms with Crippen molar-refractivity contribution in [3.8, 4) is 0 Å². The summed E-state index contributed by atoms with van der Waals surface area (Å²) < 4.78 is 6.74. The van der Waals surface area contributed by atoms with Gasteiger partial charge in [-0.15, -0.1) is 0 Å². The first-order chi connectivity index (χ1) is 6.22. The molecule has 0 saturated carbocycles. The van der Waals surface area contributed by atoms with Crippen LogP contribution in [0.1, 0.15) is 19.8 Å². The zero-order valence-electron chi connectivity index (χ0n) is 8.26. The molecular weight excluding hydrogens is 230 g/mol. The van der Waals surface area contributed by atoms with Crippen LogP contribution in [0.5, 0.6) is 0 Å². The van der Waals surface area contributed by atoms with Crippen molar-refractivity contribution in [1.82, 2.24) is 4.90 Å². The van der Waals surface area contributed by atoms with Gasteiger partial charge < -0.3 is 4.74 Å². The van der Waals surface area contributed by atoms with Crippen LogP contribution in [-0.4, -0.2) is 37.2 Å². The van der Waals surface area contributed by atoms with Crippen molar-refractivity contribution in [1.29, 1.82) is 0 Å². The molecule has 1 aliphatic rings. The lowest BCUT2D eigenvalue weighted by atomic mass is 10.2. The number of rotatable bonds is 3. The molecule has 0 aromatic heterocycles. The Morgan fingerprint density at radius 1 is 1.69 bits per heavy atom. The van der Waals surface area contributed by atoms with Crippen molar-refractivity contribution in [3.05, 3.63) is 11.1 Å². The molecule has 1 unspecified atom stereocenters. The molecule has 0 spiro atoms. The average molecular weight is 248 g/mol. The van der Waals surface area contributed by atoms with E-state index in [-0.39, 0.29) is 0 Å². The van der Waals surface area contributed by atoms with E-state index < -0.39 is 0 Å². The lowest BCUT2D eigenvalue weighted by Crippen LogP contribution is -2.32. The molecule has 76 valence electrons. The fraction of sp³-hybridized carbons (Fsp3) is 0.800. The van der Waals surface area contributed by atoms with Gasteiger partial charge in [-0.25, -0.2) is 0 Å². The maximum Gasteiger partial charge on any atom is 0.0699 e. The quantitative estimate of drug-likeness (QED) is 0.760. The fourth-order valence-corrected chi connectivity index (χ4v) is 1.96. The van der Waals surface area contributed by atoms with E-state index in [9.17, 15) is 0 Å². The number of ether oxygens (including phenoxy) is 1. The summed E-state index contributed by atoms with van der Waals surface area (Å²) in [6, 6.07) is 0. The van der Waals surface area contributed by atoms with Crippen molar-refractivity contribution in [2.45, 2.75) is 25.9 Å². The smallest absolute Gasteiger partial charge is 0.0699 e. The Labute approximate surface area is 89.1 Å². The first-order valence-electron chi connectivity index (χ1n) is 4.89. The molecule has 0 amide bonds. The van der Waals surface area contributed by atoms with Crippen LogP contribution in [0.2, 0.25) is 0 Å². The van der Waals surface area contributed by atoms with E-state index in [1.165, 1.54) is 0 Å². The molecule has 13 heavy (non-hydrogen) atoms. The number of halogens is 1. The van der Waals surface area contributed by atoms with E-state index in [0.717, 1.165) is 43.6 Å². The Bertz CT molecular complexity index is 172. The lowest BCUT2D eigenvalue weighted by molar-refractivity contribution is 0.0533. The molecule has 0 aromatic rings. The largest absolute Gasteiger partial charge is 0.377 e. The predicted octanol–water partition coefficient (Wildman–Crippen LogP) is 2.40. The Morgan fingerprint density at radius 3 is 3.08 bits per heavy atom. The van der Waals surface area contributed by atoms with Crippen molar-refractivity contribution >= 4 is 15.9 Å². The van der Waals surface area contributed by atoms with Crippen molar-refractivity contribution in [3.63, 3.8) is 0 Å². The highest BCUT2D eigenvalue weighted by Gasteiger charge is 2.16. The highest BCUT2D eigenvalue weighted by atomic mass is 79.9. The average Bonchev–Trinajstić information content (AvgIpc) is 2.28. The van der Waals surface area contributed by atoms with Gasteiger partial charge in [0.25, 0.3) is 0 Å². The van der Waals surface area contributed by atoms with Crippen LogP contribution < -0.4 is 0 Å². The van der Waals surface area contributed by atoms with Gasteiger partial charge in [-0.2, -0.15) is 0 Å². The van der Waals surface area contributed by atoms with Gasteiger partial charge in [0.05, 0.1) is 6.10 Å². The van der Waals surface area contributed by atoms with E-state index >= 15 is 0 Å². The first kappa shape index (κ1) is 11.2. The summed E-state index contributed by atoms with van der Waals surface area (Å²) in [5.74, 6) is 0. The summed E-state index contributed by atoms with van der Waals surface area (Å²) in [6.07, 6.45) is 2.65. The van der Waals surface area contributed by atoms with Crippen LogP contribution in [0.25, 0.3) is 0 Å². The van der Waals surface area contributed by atoms with E-state index in [1.54, 1.807) is 0 Å². The number of hydrogen-bond donors (Lipinski definition) is 0. The van der Waals surface area contributed by atoms with Gasteiger partial charge >= 0.3 is 0 Å². The lowest BCUT2D eigenvalue weighted by Gasteiger charge is -2.22. The summed E-state index contributed by atoms with van der Waals surface area (Å²) in [4.78, 5) is 2.40. The molecule has 1 aliphatic heterocycles. The molecule has 1 rings (SSSR count). The van der Waals surface area contributed by atoms with Gasteiger partial charge in [-0.3, -0.25) is 4.90 Å². The Hall–Kier alpha value is 0.140. The summed E-state index contributed by atoms with van der Waals surface area (Å²) in [7, 11) is 0. The third kappa shape index (κ3) is 4.25. The predicted molar refractivity (Wildman–Crippen MR) is 59.2 cm³/mol. The number of nitrogens with zero attached hydrogens (tertiary/aromatic N) is 1. The van der Waals surface area contributed by atoms with Gasteiger partial charge in [0.2, 0.25) is 0 Å². The van der Waals surface area contributed by atoms with Crippen LogP contribution >= 0.6 is 15.9 Å². The summed E-state index contributed by atoms with van der Waals surface area (Å²) >= 11 is 3.40. The minimum absolute atomic E-state index is 0.411. The molecule has 1 fully saturated rings. The van der Waals surface area contributed by atoms with Gasteiger partial charge in [0.15, 0.2) is 0 Å². The highest BCUT2D eigenvalue weighted by Crippen LogP contribution is 2.11. The molecule has 3 heteroatoms. The van der Waals surface area contributed by atoms with E-state index in [4.69, 9.17) is 4.74 Å². The molecule has 1 saturated heterocycles. The van der Waals surface area contributed by atoms with Gasteiger partial charge in [-0.1, -0.05) is 29.4 Å². The molecule has 0 bridgehead atoms. The molecule has 1 heterocycles. The Morgan fingerprint density at radius 2 is 2.46 bits per heavy atom. The maximum atomic E-state index is 5.68. The summed E-state index contributed by atoms with van der Waals surface area (Å²) in [6.45, 7) is 10.1. The van der Waals surface area contributed by atoms with Crippen molar-refractivity contribution in [2.24, 2.45) is 0 Å². The zero-order chi connectivity index (χ0) is 9.68. The second kappa shape index (κ2) is 5.78. The summed E-state index contributed by atoms with van der Waals surface area (Å²) in [5, 5.41) is 0.